The smallest absolute Gasteiger partial charge is 0.231 e. The second-order valence-corrected chi connectivity index (χ2v) is 4.64. The van der Waals surface area contributed by atoms with Gasteiger partial charge < -0.3 is 0 Å². The lowest BCUT2D eigenvalue weighted by Gasteiger charge is -2.34. The van der Waals surface area contributed by atoms with Crippen molar-refractivity contribution in [3.63, 3.8) is 0 Å². The van der Waals surface area contributed by atoms with E-state index in [1.54, 1.807) is 0 Å². The first-order valence-corrected chi connectivity index (χ1v) is 5.32. The van der Waals surface area contributed by atoms with E-state index in [1.165, 1.54) is 0 Å². The van der Waals surface area contributed by atoms with Gasteiger partial charge in [-0.3, -0.25) is 0 Å². The van der Waals surface area contributed by atoms with Crippen molar-refractivity contribution in [2.75, 3.05) is 0 Å². The Morgan fingerprint density at radius 1 is 0.938 bits per heavy atom. The van der Waals surface area contributed by atoms with Crippen molar-refractivity contribution >= 4 is 11.6 Å². The van der Waals surface area contributed by atoms with Crippen molar-refractivity contribution in [1.29, 1.82) is 0 Å². The van der Waals surface area contributed by atoms with Crippen LogP contribution in [0.3, 0.4) is 0 Å². The van der Waals surface area contributed by atoms with Gasteiger partial charge in [-0.05, 0) is 25.7 Å². The molecule has 96 valence electrons. The predicted molar refractivity (Wildman–Crippen MR) is 47.5 cm³/mol. The molecule has 0 aromatic heterocycles. The lowest BCUT2D eigenvalue weighted by Crippen LogP contribution is -2.47. The summed E-state index contributed by atoms with van der Waals surface area (Å²) in [5.41, 5.74) is 0. The summed E-state index contributed by atoms with van der Waals surface area (Å²) in [6, 6.07) is 0. The van der Waals surface area contributed by atoms with E-state index < -0.39 is 24.2 Å². The van der Waals surface area contributed by atoms with Gasteiger partial charge in [-0.2, -0.15) is 13.2 Å². The zero-order valence-corrected chi connectivity index (χ0v) is 8.96. The molecular weight excluding hydrogens is 258 g/mol. The van der Waals surface area contributed by atoms with Crippen LogP contribution in [0.15, 0.2) is 0 Å². The molecule has 1 saturated carbocycles. The Hall–Kier alpha value is -0.130. The van der Waals surface area contributed by atoms with Crippen LogP contribution in [0.5, 0.6) is 0 Å². The molecule has 1 rings (SSSR count). The molecule has 0 aromatic rings. The standard InChI is InChI=1S/C9H11ClF6/c10-6-3-1-5(2-4-6)8(12,13)7(11)9(14,15)16/h5-7H,1-4H2. The molecule has 1 fully saturated rings. The fraction of sp³-hybridized carbons (Fsp3) is 1.00. The van der Waals surface area contributed by atoms with Crippen molar-refractivity contribution < 1.29 is 26.3 Å². The maximum absolute atomic E-state index is 13.2. The lowest BCUT2D eigenvalue weighted by molar-refractivity contribution is -0.260. The summed E-state index contributed by atoms with van der Waals surface area (Å²) >= 11 is 5.64. The third-order valence-electron chi connectivity index (χ3n) is 2.83. The van der Waals surface area contributed by atoms with E-state index in [2.05, 4.69) is 0 Å². The van der Waals surface area contributed by atoms with Crippen LogP contribution in [-0.4, -0.2) is 23.6 Å². The molecule has 0 spiro atoms. The van der Waals surface area contributed by atoms with E-state index in [9.17, 15) is 26.3 Å². The van der Waals surface area contributed by atoms with Crippen LogP contribution in [0, 0.1) is 5.92 Å². The van der Waals surface area contributed by atoms with Gasteiger partial charge in [-0.1, -0.05) is 0 Å². The summed E-state index contributed by atoms with van der Waals surface area (Å²) in [6.07, 6.45) is -9.54. The minimum Gasteiger partial charge on any atom is -0.231 e. The molecule has 0 saturated heterocycles. The molecule has 0 amide bonds. The predicted octanol–water partition coefficient (Wildman–Crippen LogP) is 4.32. The summed E-state index contributed by atoms with van der Waals surface area (Å²) < 4.78 is 74.7. The molecule has 0 N–H and O–H groups in total. The Bertz CT molecular complexity index is 231. The molecule has 0 nitrogen and oxygen atoms in total. The Morgan fingerprint density at radius 3 is 1.75 bits per heavy atom. The van der Waals surface area contributed by atoms with Gasteiger partial charge in [-0.15, -0.1) is 11.6 Å². The molecule has 0 aliphatic heterocycles. The summed E-state index contributed by atoms with van der Waals surface area (Å²) in [7, 11) is 0. The molecule has 7 heteroatoms. The highest BCUT2D eigenvalue weighted by molar-refractivity contribution is 6.20. The van der Waals surface area contributed by atoms with E-state index >= 15 is 0 Å². The zero-order valence-electron chi connectivity index (χ0n) is 8.21. The van der Waals surface area contributed by atoms with Crippen LogP contribution in [0.4, 0.5) is 26.3 Å². The maximum atomic E-state index is 13.2. The normalized spacial score (nSPS) is 30.2. The summed E-state index contributed by atoms with van der Waals surface area (Å²) in [5.74, 6) is -5.92. The highest BCUT2D eigenvalue weighted by Crippen LogP contribution is 2.45. The number of rotatable bonds is 2. The summed E-state index contributed by atoms with van der Waals surface area (Å²) in [6.45, 7) is 0. The lowest BCUT2D eigenvalue weighted by atomic mass is 9.82. The Labute approximate surface area is 93.9 Å². The third kappa shape index (κ3) is 2.96. The first kappa shape index (κ1) is 13.9. The zero-order chi connectivity index (χ0) is 12.6. The first-order valence-electron chi connectivity index (χ1n) is 4.88. The van der Waals surface area contributed by atoms with Crippen molar-refractivity contribution in [1.82, 2.24) is 0 Å². The minimum atomic E-state index is -5.51. The quantitative estimate of drug-likeness (QED) is 0.517. The Morgan fingerprint density at radius 2 is 1.38 bits per heavy atom. The third-order valence-corrected chi connectivity index (χ3v) is 3.26. The van der Waals surface area contributed by atoms with Gasteiger partial charge in [-0.25, -0.2) is 13.2 Å². The van der Waals surface area contributed by atoms with Gasteiger partial charge in [0, 0.05) is 11.3 Å². The number of halogens is 7. The Balaban J connectivity index is 2.70. The van der Waals surface area contributed by atoms with E-state index in [0.717, 1.165) is 0 Å². The fourth-order valence-electron chi connectivity index (χ4n) is 1.86. The monoisotopic (exact) mass is 268 g/mol. The van der Waals surface area contributed by atoms with Crippen LogP contribution in [-0.2, 0) is 0 Å². The summed E-state index contributed by atoms with van der Waals surface area (Å²) in [4.78, 5) is 0. The molecule has 0 heterocycles. The van der Waals surface area contributed by atoms with Crippen LogP contribution < -0.4 is 0 Å². The first-order chi connectivity index (χ1) is 7.15. The number of hydrogen-bond donors (Lipinski definition) is 0. The largest absolute Gasteiger partial charge is 0.425 e. The van der Waals surface area contributed by atoms with Crippen LogP contribution in [0.2, 0.25) is 0 Å². The summed E-state index contributed by atoms with van der Waals surface area (Å²) in [5, 5.41) is -0.295. The SMILES string of the molecule is FC(C(F)(F)F)C(F)(F)C1CCC(Cl)CC1. The fourth-order valence-corrected chi connectivity index (χ4v) is 2.11. The molecule has 0 bridgehead atoms. The Kier molecular flexibility index (Phi) is 4.03. The molecule has 0 radical (unpaired) electrons. The van der Waals surface area contributed by atoms with Crippen molar-refractivity contribution in [2.45, 2.75) is 49.3 Å². The van der Waals surface area contributed by atoms with Crippen molar-refractivity contribution in [2.24, 2.45) is 5.92 Å². The van der Waals surface area contributed by atoms with E-state index in [0.29, 0.717) is 0 Å². The van der Waals surface area contributed by atoms with Gasteiger partial charge >= 0.3 is 6.18 Å². The van der Waals surface area contributed by atoms with Gasteiger partial charge in [0.25, 0.3) is 12.1 Å². The number of alkyl halides is 7. The van der Waals surface area contributed by atoms with Crippen LogP contribution in [0.1, 0.15) is 25.7 Å². The van der Waals surface area contributed by atoms with Crippen molar-refractivity contribution in [3.05, 3.63) is 0 Å². The topological polar surface area (TPSA) is 0 Å². The van der Waals surface area contributed by atoms with Gasteiger partial charge in [0.1, 0.15) is 0 Å². The average molecular weight is 269 g/mol. The minimum absolute atomic E-state index is 0.169. The number of hydrogen-bond acceptors (Lipinski definition) is 0. The van der Waals surface area contributed by atoms with E-state index in [-0.39, 0.29) is 31.1 Å². The maximum Gasteiger partial charge on any atom is 0.425 e. The van der Waals surface area contributed by atoms with Gasteiger partial charge in [0.2, 0.25) is 0 Å². The highest BCUT2D eigenvalue weighted by Gasteiger charge is 2.60. The molecular formula is C9H11ClF6. The molecule has 1 aliphatic carbocycles. The van der Waals surface area contributed by atoms with Crippen LogP contribution in [0.25, 0.3) is 0 Å². The molecule has 0 aromatic carbocycles. The molecule has 1 unspecified atom stereocenters. The van der Waals surface area contributed by atoms with Gasteiger partial charge in [0.05, 0.1) is 0 Å². The highest BCUT2D eigenvalue weighted by atomic mass is 35.5. The van der Waals surface area contributed by atoms with Gasteiger partial charge in [0.15, 0.2) is 0 Å². The second-order valence-electron chi connectivity index (χ2n) is 4.03. The second kappa shape index (κ2) is 4.63. The molecule has 1 aliphatic rings. The van der Waals surface area contributed by atoms with Crippen molar-refractivity contribution in [3.8, 4) is 0 Å². The van der Waals surface area contributed by atoms with E-state index in [4.69, 9.17) is 11.6 Å². The molecule has 1 atom stereocenters. The molecule has 16 heavy (non-hydrogen) atoms. The van der Waals surface area contributed by atoms with Crippen LogP contribution >= 0.6 is 11.6 Å². The average Bonchev–Trinajstić information content (AvgIpc) is 2.16. The van der Waals surface area contributed by atoms with E-state index in [1.807, 2.05) is 0 Å².